The molecule has 1 rings (SSSR count). The van der Waals surface area contributed by atoms with Crippen LogP contribution in [0, 0.1) is 10.8 Å². The number of hydrogen-bond donors (Lipinski definition) is 3. The van der Waals surface area contributed by atoms with Crippen LogP contribution in [0.25, 0.3) is 0 Å². The van der Waals surface area contributed by atoms with Crippen LogP contribution in [0.5, 0.6) is 0 Å². The Bertz CT molecular complexity index is 344. The summed E-state index contributed by atoms with van der Waals surface area (Å²) in [4.78, 5) is 23.1. The molecule has 0 spiro atoms. The highest BCUT2D eigenvalue weighted by Crippen LogP contribution is 2.30. The summed E-state index contributed by atoms with van der Waals surface area (Å²) in [6.07, 6.45) is 1.74. The number of carboxylic acids is 1. The Morgan fingerprint density at radius 2 is 1.80 bits per heavy atom. The first kappa shape index (κ1) is 16.8. The van der Waals surface area contributed by atoms with E-state index >= 15 is 0 Å². The third-order valence-electron chi connectivity index (χ3n) is 3.65. The zero-order chi connectivity index (χ0) is 15.2. The summed E-state index contributed by atoms with van der Waals surface area (Å²) in [5, 5.41) is 14.8. The summed E-state index contributed by atoms with van der Waals surface area (Å²) in [5.74, 6) is -0.865. The molecule has 116 valence electrons. The fourth-order valence-electron chi connectivity index (χ4n) is 2.09. The van der Waals surface area contributed by atoms with Gasteiger partial charge in [-0.2, -0.15) is 0 Å². The predicted octanol–water partition coefficient (Wildman–Crippen LogP) is 1.60. The van der Waals surface area contributed by atoms with E-state index < -0.39 is 11.4 Å². The molecule has 6 nitrogen and oxygen atoms in total. The lowest BCUT2D eigenvalue weighted by Crippen LogP contribution is -2.49. The third-order valence-corrected chi connectivity index (χ3v) is 3.65. The molecule has 1 aliphatic heterocycles. The SMILES string of the molecule is CC(C)(C)CCNC(=O)NCC1(C(=O)O)CCOCC1. The van der Waals surface area contributed by atoms with Crippen LogP contribution < -0.4 is 10.6 Å². The molecule has 0 saturated carbocycles. The van der Waals surface area contributed by atoms with Crippen LogP contribution in [0.15, 0.2) is 0 Å². The largest absolute Gasteiger partial charge is 0.481 e. The number of carbonyl (C=O) groups excluding carboxylic acids is 1. The minimum absolute atomic E-state index is 0.146. The van der Waals surface area contributed by atoms with E-state index in [0.29, 0.717) is 32.6 Å². The van der Waals surface area contributed by atoms with Crippen molar-refractivity contribution in [1.82, 2.24) is 10.6 Å². The molecule has 1 fully saturated rings. The van der Waals surface area contributed by atoms with Crippen molar-refractivity contribution in [1.29, 1.82) is 0 Å². The van der Waals surface area contributed by atoms with E-state index in [-0.39, 0.29) is 18.0 Å². The van der Waals surface area contributed by atoms with Crippen LogP contribution in [-0.2, 0) is 9.53 Å². The molecule has 20 heavy (non-hydrogen) atoms. The normalized spacial score (nSPS) is 18.4. The second-order valence-electron chi connectivity index (χ2n) is 6.62. The molecular weight excluding hydrogens is 260 g/mol. The molecule has 0 aromatic heterocycles. The van der Waals surface area contributed by atoms with Crippen LogP contribution in [-0.4, -0.2) is 43.4 Å². The van der Waals surface area contributed by atoms with Gasteiger partial charge in [0.05, 0.1) is 5.41 Å². The first-order valence-corrected chi connectivity index (χ1v) is 7.08. The zero-order valence-corrected chi connectivity index (χ0v) is 12.6. The molecule has 3 N–H and O–H groups in total. The molecule has 0 aliphatic carbocycles. The standard InChI is InChI=1S/C14H26N2O4/c1-13(2,3)4-7-15-12(19)16-10-14(11(17)18)5-8-20-9-6-14/h4-10H2,1-3H3,(H,17,18)(H2,15,16,19). The van der Waals surface area contributed by atoms with Crippen molar-refractivity contribution in [2.45, 2.75) is 40.0 Å². The minimum Gasteiger partial charge on any atom is -0.481 e. The van der Waals surface area contributed by atoms with Crippen molar-refractivity contribution in [3.8, 4) is 0 Å². The number of carboxylic acid groups (broad SMARTS) is 1. The number of nitrogens with one attached hydrogen (secondary N) is 2. The van der Waals surface area contributed by atoms with E-state index in [1.807, 2.05) is 0 Å². The molecule has 0 bridgehead atoms. The molecule has 1 saturated heterocycles. The van der Waals surface area contributed by atoms with Gasteiger partial charge in [-0.15, -0.1) is 0 Å². The molecule has 0 radical (unpaired) electrons. The maximum atomic E-state index is 11.7. The van der Waals surface area contributed by atoms with E-state index in [0.717, 1.165) is 6.42 Å². The number of carbonyl (C=O) groups is 2. The Hall–Kier alpha value is -1.30. The lowest BCUT2D eigenvalue weighted by Gasteiger charge is -2.33. The second-order valence-corrected chi connectivity index (χ2v) is 6.62. The maximum absolute atomic E-state index is 11.7. The van der Waals surface area contributed by atoms with Gasteiger partial charge in [0.1, 0.15) is 0 Å². The summed E-state index contributed by atoms with van der Waals surface area (Å²) >= 11 is 0. The van der Waals surface area contributed by atoms with E-state index in [2.05, 4.69) is 31.4 Å². The molecule has 0 aromatic carbocycles. The van der Waals surface area contributed by atoms with Crippen molar-refractivity contribution < 1.29 is 19.4 Å². The fourth-order valence-corrected chi connectivity index (χ4v) is 2.09. The maximum Gasteiger partial charge on any atom is 0.314 e. The topological polar surface area (TPSA) is 87.7 Å². The molecule has 6 heteroatoms. The lowest BCUT2D eigenvalue weighted by atomic mass is 9.80. The average molecular weight is 286 g/mol. The summed E-state index contributed by atoms with van der Waals surface area (Å²) < 4.78 is 5.19. The number of rotatable bonds is 5. The second kappa shape index (κ2) is 6.92. The molecular formula is C14H26N2O4. The van der Waals surface area contributed by atoms with Gasteiger partial charge in [0, 0.05) is 26.3 Å². The number of amides is 2. The van der Waals surface area contributed by atoms with Gasteiger partial charge in [0.25, 0.3) is 0 Å². The molecule has 0 aromatic rings. The van der Waals surface area contributed by atoms with Gasteiger partial charge in [0.15, 0.2) is 0 Å². The number of ether oxygens (including phenoxy) is 1. The Balaban J connectivity index is 2.36. The van der Waals surface area contributed by atoms with Gasteiger partial charge in [-0.1, -0.05) is 20.8 Å². The Morgan fingerprint density at radius 1 is 1.20 bits per heavy atom. The molecule has 0 unspecified atom stereocenters. The van der Waals surface area contributed by atoms with Gasteiger partial charge in [0.2, 0.25) is 0 Å². The first-order chi connectivity index (χ1) is 9.25. The molecule has 1 aliphatic rings. The average Bonchev–Trinajstić information content (AvgIpc) is 2.36. The Morgan fingerprint density at radius 3 is 2.30 bits per heavy atom. The predicted molar refractivity (Wildman–Crippen MR) is 75.6 cm³/mol. The van der Waals surface area contributed by atoms with Gasteiger partial charge in [-0.3, -0.25) is 4.79 Å². The van der Waals surface area contributed by atoms with Gasteiger partial charge >= 0.3 is 12.0 Å². The third kappa shape index (κ3) is 5.36. The zero-order valence-electron chi connectivity index (χ0n) is 12.6. The van der Waals surface area contributed by atoms with Crippen LogP contribution in [0.2, 0.25) is 0 Å². The molecule has 2 amide bonds. The van der Waals surface area contributed by atoms with Gasteiger partial charge in [-0.25, -0.2) is 4.79 Å². The first-order valence-electron chi connectivity index (χ1n) is 7.08. The molecule has 1 heterocycles. The smallest absolute Gasteiger partial charge is 0.314 e. The van der Waals surface area contributed by atoms with Crippen molar-refractivity contribution in [3.63, 3.8) is 0 Å². The van der Waals surface area contributed by atoms with E-state index in [4.69, 9.17) is 4.74 Å². The summed E-state index contributed by atoms with van der Waals surface area (Å²) in [7, 11) is 0. The Kier molecular flexibility index (Phi) is 5.80. The van der Waals surface area contributed by atoms with Gasteiger partial charge in [-0.05, 0) is 24.7 Å². The van der Waals surface area contributed by atoms with Crippen LogP contribution in [0.1, 0.15) is 40.0 Å². The Labute approximate surface area is 120 Å². The van der Waals surface area contributed by atoms with Crippen molar-refractivity contribution in [2.24, 2.45) is 10.8 Å². The summed E-state index contributed by atoms with van der Waals surface area (Å²) in [6.45, 7) is 7.90. The summed E-state index contributed by atoms with van der Waals surface area (Å²) in [6, 6.07) is -0.304. The van der Waals surface area contributed by atoms with E-state index in [9.17, 15) is 14.7 Å². The van der Waals surface area contributed by atoms with Crippen molar-refractivity contribution >= 4 is 12.0 Å². The fraction of sp³-hybridized carbons (Fsp3) is 0.857. The monoisotopic (exact) mass is 286 g/mol. The highest BCUT2D eigenvalue weighted by molar-refractivity contribution is 5.78. The van der Waals surface area contributed by atoms with Crippen molar-refractivity contribution in [3.05, 3.63) is 0 Å². The van der Waals surface area contributed by atoms with E-state index in [1.165, 1.54) is 0 Å². The number of hydrogen-bond acceptors (Lipinski definition) is 3. The lowest BCUT2D eigenvalue weighted by molar-refractivity contribution is -0.154. The number of urea groups is 1. The van der Waals surface area contributed by atoms with Gasteiger partial charge < -0.3 is 20.5 Å². The quantitative estimate of drug-likeness (QED) is 0.716. The van der Waals surface area contributed by atoms with Crippen molar-refractivity contribution in [2.75, 3.05) is 26.3 Å². The summed E-state index contributed by atoms with van der Waals surface area (Å²) in [5.41, 5.74) is -0.726. The highest BCUT2D eigenvalue weighted by atomic mass is 16.5. The van der Waals surface area contributed by atoms with Crippen LogP contribution in [0.3, 0.4) is 0 Å². The van der Waals surface area contributed by atoms with Crippen LogP contribution in [0.4, 0.5) is 4.79 Å². The van der Waals surface area contributed by atoms with E-state index in [1.54, 1.807) is 0 Å². The number of aliphatic carboxylic acids is 1. The minimum atomic E-state index is -0.889. The van der Waals surface area contributed by atoms with Crippen LogP contribution >= 0.6 is 0 Å². The molecule has 0 atom stereocenters. The highest BCUT2D eigenvalue weighted by Gasteiger charge is 2.40.